The van der Waals surface area contributed by atoms with Crippen LogP contribution in [-0.4, -0.2) is 32.3 Å². The molecular weight excluding hydrogens is 192 g/mol. The SMILES string of the molecule is C[C@H](Nc1n[nH]c(=O)[nH]c1=O)C(=O)O. The average Bonchev–Trinajstić information content (AvgIpc) is 2.09. The van der Waals surface area contributed by atoms with Crippen molar-refractivity contribution in [1.82, 2.24) is 15.2 Å². The molecule has 0 saturated heterocycles. The summed E-state index contributed by atoms with van der Waals surface area (Å²) in [5, 5.41) is 16.1. The summed E-state index contributed by atoms with van der Waals surface area (Å²) in [4.78, 5) is 33.9. The second-order valence-electron chi connectivity index (χ2n) is 2.56. The van der Waals surface area contributed by atoms with E-state index in [1.54, 1.807) is 0 Å². The molecule has 1 aromatic rings. The summed E-state index contributed by atoms with van der Waals surface area (Å²) < 4.78 is 0. The van der Waals surface area contributed by atoms with Crippen molar-refractivity contribution in [2.75, 3.05) is 5.32 Å². The fraction of sp³-hybridized carbons (Fsp3) is 0.333. The van der Waals surface area contributed by atoms with Gasteiger partial charge in [0.1, 0.15) is 6.04 Å². The number of aromatic nitrogens is 3. The number of hydrogen-bond acceptors (Lipinski definition) is 5. The number of nitrogens with one attached hydrogen (secondary N) is 3. The maximum Gasteiger partial charge on any atom is 0.342 e. The first-order valence-electron chi connectivity index (χ1n) is 3.69. The maximum absolute atomic E-state index is 11.0. The van der Waals surface area contributed by atoms with E-state index in [0.29, 0.717) is 0 Å². The molecule has 0 aliphatic carbocycles. The predicted molar refractivity (Wildman–Crippen MR) is 46.2 cm³/mol. The van der Waals surface area contributed by atoms with Crippen molar-refractivity contribution in [3.63, 3.8) is 0 Å². The second-order valence-corrected chi connectivity index (χ2v) is 2.56. The number of anilines is 1. The number of H-pyrrole nitrogens is 2. The third-order valence-corrected chi connectivity index (χ3v) is 1.44. The molecule has 4 N–H and O–H groups in total. The van der Waals surface area contributed by atoms with Gasteiger partial charge in [0.15, 0.2) is 0 Å². The van der Waals surface area contributed by atoms with Crippen LogP contribution >= 0.6 is 0 Å². The van der Waals surface area contributed by atoms with Crippen molar-refractivity contribution in [2.45, 2.75) is 13.0 Å². The number of nitrogens with zero attached hydrogens (tertiary/aromatic N) is 1. The second kappa shape index (κ2) is 3.73. The van der Waals surface area contributed by atoms with E-state index in [0.717, 1.165) is 0 Å². The number of carboxylic acid groups (broad SMARTS) is 1. The minimum Gasteiger partial charge on any atom is -0.480 e. The lowest BCUT2D eigenvalue weighted by Gasteiger charge is -2.07. The number of carbonyl (C=O) groups is 1. The van der Waals surface area contributed by atoms with Crippen LogP contribution < -0.4 is 16.6 Å². The maximum atomic E-state index is 11.0. The van der Waals surface area contributed by atoms with E-state index in [1.807, 2.05) is 10.1 Å². The van der Waals surface area contributed by atoms with E-state index in [2.05, 4.69) is 10.4 Å². The molecule has 0 amide bonds. The van der Waals surface area contributed by atoms with Crippen LogP contribution in [0.15, 0.2) is 9.59 Å². The highest BCUT2D eigenvalue weighted by Crippen LogP contribution is 1.92. The fourth-order valence-electron chi connectivity index (χ4n) is 0.712. The Morgan fingerprint density at radius 2 is 2.21 bits per heavy atom. The molecule has 1 heterocycles. The zero-order valence-electron chi connectivity index (χ0n) is 7.20. The van der Waals surface area contributed by atoms with Crippen molar-refractivity contribution in [1.29, 1.82) is 0 Å². The molecule has 0 saturated carbocycles. The average molecular weight is 200 g/mol. The summed E-state index contributed by atoms with van der Waals surface area (Å²) in [5.74, 6) is -1.36. The molecule has 0 fully saturated rings. The van der Waals surface area contributed by atoms with E-state index in [9.17, 15) is 14.4 Å². The van der Waals surface area contributed by atoms with Gasteiger partial charge in [0.25, 0.3) is 5.56 Å². The Hall–Kier alpha value is -2.12. The monoisotopic (exact) mass is 200 g/mol. The summed E-state index contributed by atoms with van der Waals surface area (Å²) in [7, 11) is 0. The smallest absolute Gasteiger partial charge is 0.342 e. The molecular formula is C6H8N4O4. The predicted octanol–water partition coefficient (Wildman–Crippen LogP) is -1.66. The molecule has 0 bridgehead atoms. The van der Waals surface area contributed by atoms with Crippen LogP contribution in [0.1, 0.15) is 6.92 Å². The Bertz CT molecular complexity index is 448. The lowest BCUT2D eigenvalue weighted by atomic mass is 10.3. The molecule has 8 heteroatoms. The summed E-state index contributed by atoms with van der Waals surface area (Å²) in [6.07, 6.45) is 0. The Labute approximate surface area is 77.0 Å². The summed E-state index contributed by atoms with van der Waals surface area (Å²) in [5.41, 5.74) is -1.51. The van der Waals surface area contributed by atoms with E-state index in [1.165, 1.54) is 6.92 Å². The first kappa shape index (κ1) is 9.96. The summed E-state index contributed by atoms with van der Waals surface area (Å²) in [6, 6.07) is -0.963. The van der Waals surface area contributed by atoms with Crippen LogP contribution in [0.4, 0.5) is 5.82 Å². The third-order valence-electron chi connectivity index (χ3n) is 1.44. The van der Waals surface area contributed by atoms with Crippen LogP contribution in [0, 0.1) is 0 Å². The van der Waals surface area contributed by atoms with Gasteiger partial charge < -0.3 is 10.4 Å². The standard InChI is InChI=1S/C6H8N4O4/c1-2(5(12)13)7-3-4(11)8-6(14)10-9-3/h2H,1H3,(H,7,9)(H,12,13)(H2,8,10,11,14)/t2-/m0/s1. The van der Waals surface area contributed by atoms with Crippen LogP contribution in [0.2, 0.25) is 0 Å². The number of carboxylic acids is 1. The lowest BCUT2D eigenvalue weighted by Crippen LogP contribution is -2.33. The Morgan fingerprint density at radius 1 is 1.57 bits per heavy atom. The number of aliphatic carboxylic acids is 1. The number of rotatable bonds is 3. The van der Waals surface area contributed by atoms with Crippen LogP contribution in [0.25, 0.3) is 0 Å². The molecule has 8 nitrogen and oxygen atoms in total. The van der Waals surface area contributed by atoms with Gasteiger partial charge in [-0.05, 0) is 6.92 Å². The van der Waals surface area contributed by atoms with E-state index < -0.39 is 23.3 Å². The van der Waals surface area contributed by atoms with Crippen molar-refractivity contribution in [3.8, 4) is 0 Å². The highest BCUT2D eigenvalue weighted by Gasteiger charge is 2.12. The topological polar surface area (TPSA) is 128 Å². The fourth-order valence-corrected chi connectivity index (χ4v) is 0.712. The molecule has 1 aromatic heterocycles. The van der Waals surface area contributed by atoms with Crippen LogP contribution in [0.3, 0.4) is 0 Å². The highest BCUT2D eigenvalue weighted by molar-refractivity contribution is 5.76. The molecule has 0 unspecified atom stereocenters. The summed E-state index contributed by atoms with van der Waals surface area (Å²) >= 11 is 0. The van der Waals surface area contributed by atoms with E-state index in [4.69, 9.17) is 5.11 Å². The molecule has 1 rings (SSSR count). The van der Waals surface area contributed by atoms with Gasteiger partial charge in [-0.3, -0.25) is 14.6 Å². The largest absolute Gasteiger partial charge is 0.480 e. The molecule has 76 valence electrons. The zero-order chi connectivity index (χ0) is 10.7. The van der Waals surface area contributed by atoms with E-state index >= 15 is 0 Å². The van der Waals surface area contributed by atoms with Crippen molar-refractivity contribution in [2.24, 2.45) is 0 Å². The van der Waals surface area contributed by atoms with Crippen molar-refractivity contribution < 1.29 is 9.90 Å². The normalized spacial score (nSPS) is 12.1. The minimum absolute atomic E-state index is 0.237. The van der Waals surface area contributed by atoms with Gasteiger partial charge in [0.2, 0.25) is 5.82 Å². The first-order chi connectivity index (χ1) is 6.50. The van der Waals surface area contributed by atoms with Crippen molar-refractivity contribution in [3.05, 3.63) is 20.8 Å². The van der Waals surface area contributed by atoms with Crippen LogP contribution in [0.5, 0.6) is 0 Å². The van der Waals surface area contributed by atoms with Gasteiger partial charge in [-0.15, -0.1) is 5.10 Å². The van der Waals surface area contributed by atoms with Gasteiger partial charge in [-0.25, -0.2) is 9.89 Å². The minimum atomic E-state index is -1.13. The van der Waals surface area contributed by atoms with Crippen LogP contribution in [-0.2, 0) is 4.79 Å². The molecule has 0 aliphatic heterocycles. The Kier molecular flexibility index (Phi) is 2.65. The van der Waals surface area contributed by atoms with Gasteiger partial charge in [-0.2, -0.15) is 0 Å². The van der Waals surface area contributed by atoms with Gasteiger partial charge >= 0.3 is 11.7 Å². The molecule has 1 atom stereocenters. The highest BCUT2D eigenvalue weighted by atomic mass is 16.4. The first-order valence-corrected chi connectivity index (χ1v) is 3.69. The van der Waals surface area contributed by atoms with Crippen molar-refractivity contribution >= 4 is 11.8 Å². The van der Waals surface area contributed by atoms with Gasteiger partial charge in [0.05, 0.1) is 0 Å². The molecule has 0 spiro atoms. The van der Waals surface area contributed by atoms with Gasteiger partial charge in [0, 0.05) is 0 Å². The molecule has 14 heavy (non-hydrogen) atoms. The zero-order valence-corrected chi connectivity index (χ0v) is 7.20. The quantitative estimate of drug-likeness (QED) is 0.462. The molecule has 0 aromatic carbocycles. The van der Waals surface area contributed by atoms with Gasteiger partial charge in [-0.1, -0.05) is 0 Å². The molecule has 0 aliphatic rings. The Morgan fingerprint density at radius 3 is 2.71 bits per heavy atom. The molecule has 0 radical (unpaired) electrons. The summed E-state index contributed by atoms with van der Waals surface area (Å²) in [6.45, 7) is 1.34. The third kappa shape index (κ3) is 2.19. The number of hydrogen-bond donors (Lipinski definition) is 4. The number of aromatic amines is 2. The van der Waals surface area contributed by atoms with E-state index in [-0.39, 0.29) is 5.82 Å². The Balaban J connectivity index is 2.93. The lowest BCUT2D eigenvalue weighted by molar-refractivity contribution is -0.137.